The number of nitrogens with one attached hydrogen (secondary N) is 2. The van der Waals surface area contributed by atoms with Gasteiger partial charge in [0.05, 0.1) is 19.1 Å². The van der Waals surface area contributed by atoms with Gasteiger partial charge in [0.2, 0.25) is 0 Å². The third-order valence-corrected chi connectivity index (χ3v) is 5.56. The molecule has 2 N–H and O–H groups in total. The van der Waals surface area contributed by atoms with Crippen molar-refractivity contribution in [2.75, 3.05) is 27.3 Å². The lowest BCUT2D eigenvalue weighted by Gasteiger charge is -2.09. The monoisotopic (exact) mass is 433 g/mol. The number of aliphatic imine (C=N–C) groups is 1. The number of hydrogen-bond acceptors (Lipinski definition) is 6. The lowest BCUT2D eigenvalue weighted by molar-refractivity contribution is 0.0952. The zero-order valence-electron chi connectivity index (χ0n) is 17.6. The second kappa shape index (κ2) is 10.6. The molecule has 0 saturated carbocycles. The quantitative estimate of drug-likeness (QED) is 0.653. The fourth-order valence-corrected chi connectivity index (χ4v) is 4.01. The van der Waals surface area contributed by atoms with Crippen molar-refractivity contribution in [3.63, 3.8) is 0 Å². The SMILES string of the molecule is CC.COc1cc(OC)cc(C(=O)NCCCN=C2NS(=O)(=O)c3ccccc32)c1. The lowest BCUT2D eigenvalue weighted by atomic mass is 10.2. The minimum absolute atomic E-state index is 0.231. The molecule has 2 aromatic carbocycles. The molecule has 30 heavy (non-hydrogen) atoms. The molecule has 0 aromatic heterocycles. The Morgan fingerprint density at radius 1 is 1.07 bits per heavy atom. The molecule has 1 aliphatic rings. The standard InChI is InChI=1S/C19H21N3O5S.C2H6/c1-26-14-10-13(11-15(12-14)27-2)19(23)21-9-5-8-20-18-16-6-3-4-7-17(16)28(24,25)22-18;1-2/h3-4,6-7,10-12H,5,8-9H2,1-2H3,(H,20,22)(H,21,23);1-2H3. The first kappa shape index (κ1) is 23.2. The Balaban J connectivity index is 0.00000155. The smallest absolute Gasteiger partial charge is 0.263 e. The molecule has 0 spiro atoms. The first-order valence-electron chi connectivity index (χ1n) is 9.62. The average molecular weight is 434 g/mol. The van der Waals surface area contributed by atoms with E-state index in [0.29, 0.717) is 48.0 Å². The molecule has 3 rings (SSSR count). The Morgan fingerprint density at radius 2 is 1.70 bits per heavy atom. The summed E-state index contributed by atoms with van der Waals surface area (Å²) in [6.45, 7) is 4.76. The highest BCUT2D eigenvalue weighted by molar-refractivity contribution is 7.90. The van der Waals surface area contributed by atoms with E-state index in [1.54, 1.807) is 42.5 Å². The molecule has 1 heterocycles. The van der Waals surface area contributed by atoms with E-state index < -0.39 is 10.0 Å². The maximum atomic E-state index is 12.3. The maximum absolute atomic E-state index is 12.3. The number of hydrogen-bond donors (Lipinski definition) is 2. The summed E-state index contributed by atoms with van der Waals surface area (Å²) < 4.78 is 36.8. The molecule has 1 aliphatic heterocycles. The van der Waals surface area contributed by atoms with Crippen LogP contribution >= 0.6 is 0 Å². The van der Waals surface area contributed by atoms with Crippen LogP contribution < -0.4 is 19.5 Å². The van der Waals surface area contributed by atoms with Crippen molar-refractivity contribution < 1.29 is 22.7 Å². The number of sulfonamides is 1. The molecule has 8 nitrogen and oxygen atoms in total. The van der Waals surface area contributed by atoms with Crippen LogP contribution in [-0.4, -0.2) is 47.5 Å². The zero-order chi connectivity index (χ0) is 22.1. The number of rotatable bonds is 7. The second-order valence-corrected chi connectivity index (χ2v) is 7.69. The van der Waals surface area contributed by atoms with Crippen LogP contribution in [0.25, 0.3) is 0 Å². The van der Waals surface area contributed by atoms with Crippen LogP contribution in [0.4, 0.5) is 0 Å². The third-order valence-electron chi connectivity index (χ3n) is 4.17. The topological polar surface area (TPSA) is 106 Å². The van der Waals surface area contributed by atoms with Crippen molar-refractivity contribution in [2.45, 2.75) is 25.2 Å². The Kier molecular flexibility index (Phi) is 8.23. The normalized spacial score (nSPS) is 14.7. The molecular weight excluding hydrogens is 406 g/mol. The van der Waals surface area contributed by atoms with E-state index in [-0.39, 0.29) is 10.8 Å². The van der Waals surface area contributed by atoms with Gasteiger partial charge in [-0.3, -0.25) is 14.5 Å². The first-order valence-corrected chi connectivity index (χ1v) is 11.1. The highest BCUT2D eigenvalue weighted by Gasteiger charge is 2.29. The number of carbonyl (C=O) groups excluding carboxylic acids is 1. The highest BCUT2D eigenvalue weighted by atomic mass is 32.2. The van der Waals surface area contributed by atoms with Gasteiger partial charge < -0.3 is 14.8 Å². The van der Waals surface area contributed by atoms with E-state index in [9.17, 15) is 13.2 Å². The first-order chi connectivity index (χ1) is 14.4. The van der Waals surface area contributed by atoms with E-state index >= 15 is 0 Å². The van der Waals surface area contributed by atoms with Gasteiger partial charge in [-0.15, -0.1) is 0 Å². The van der Waals surface area contributed by atoms with Crippen LogP contribution in [0.1, 0.15) is 36.2 Å². The summed E-state index contributed by atoms with van der Waals surface area (Å²) in [5, 5.41) is 2.80. The Hall–Kier alpha value is -3.07. The van der Waals surface area contributed by atoms with Crippen molar-refractivity contribution in [3.8, 4) is 11.5 Å². The van der Waals surface area contributed by atoms with E-state index in [0.717, 1.165) is 0 Å². The van der Waals surface area contributed by atoms with Crippen LogP contribution in [0.3, 0.4) is 0 Å². The number of fused-ring (bicyclic) bond motifs is 1. The van der Waals surface area contributed by atoms with Gasteiger partial charge in [0.25, 0.3) is 15.9 Å². The molecule has 0 fully saturated rings. The molecule has 0 atom stereocenters. The summed E-state index contributed by atoms with van der Waals surface area (Å²) in [5.41, 5.74) is 0.995. The number of amidine groups is 1. The molecule has 0 bridgehead atoms. The molecule has 0 radical (unpaired) electrons. The van der Waals surface area contributed by atoms with Crippen molar-refractivity contribution in [1.82, 2.24) is 10.0 Å². The van der Waals surface area contributed by atoms with Gasteiger partial charge in [-0.2, -0.15) is 0 Å². The van der Waals surface area contributed by atoms with Gasteiger partial charge in [-0.25, -0.2) is 8.42 Å². The number of nitrogens with zero attached hydrogens (tertiary/aromatic N) is 1. The van der Waals surface area contributed by atoms with Crippen LogP contribution in [0, 0.1) is 0 Å². The molecule has 9 heteroatoms. The summed E-state index contributed by atoms with van der Waals surface area (Å²) >= 11 is 0. The van der Waals surface area contributed by atoms with Gasteiger partial charge in [0.1, 0.15) is 17.3 Å². The van der Waals surface area contributed by atoms with E-state index in [2.05, 4.69) is 15.0 Å². The Bertz CT molecular complexity index is 997. The van der Waals surface area contributed by atoms with Gasteiger partial charge in [0.15, 0.2) is 0 Å². The molecule has 0 saturated heterocycles. The van der Waals surface area contributed by atoms with E-state index in [1.807, 2.05) is 13.8 Å². The zero-order valence-corrected chi connectivity index (χ0v) is 18.4. The number of carbonyl (C=O) groups is 1. The predicted octanol–water partition coefficient (Wildman–Crippen LogP) is 2.59. The minimum atomic E-state index is -3.53. The van der Waals surface area contributed by atoms with Crippen molar-refractivity contribution in [2.24, 2.45) is 4.99 Å². The number of ether oxygens (including phenoxy) is 2. The van der Waals surface area contributed by atoms with Gasteiger partial charge in [-0.05, 0) is 30.7 Å². The lowest BCUT2D eigenvalue weighted by Crippen LogP contribution is -2.25. The fraction of sp³-hybridized carbons (Fsp3) is 0.333. The number of amides is 1. The van der Waals surface area contributed by atoms with Gasteiger partial charge in [-0.1, -0.05) is 26.0 Å². The summed E-state index contributed by atoms with van der Waals surface area (Å²) in [6.07, 6.45) is 0.556. The number of methoxy groups -OCH3 is 2. The van der Waals surface area contributed by atoms with Crippen molar-refractivity contribution in [3.05, 3.63) is 53.6 Å². The summed E-state index contributed by atoms with van der Waals surface area (Å²) in [7, 11) is -0.497. The van der Waals surface area contributed by atoms with Crippen LogP contribution in [0.5, 0.6) is 11.5 Å². The maximum Gasteiger partial charge on any atom is 0.263 e. The molecular formula is C21H27N3O5S. The largest absolute Gasteiger partial charge is 0.497 e. The van der Waals surface area contributed by atoms with Gasteiger partial charge in [0, 0.05) is 30.3 Å². The predicted molar refractivity (Wildman–Crippen MR) is 116 cm³/mol. The van der Waals surface area contributed by atoms with E-state index in [1.165, 1.54) is 14.2 Å². The summed E-state index contributed by atoms with van der Waals surface area (Å²) in [5.74, 6) is 1.14. The average Bonchev–Trinajstić information content (AvgIpc) is 3.04. The van der Waals surface area contributed by atoms with Crippen LogP contribution in [0.15, 0.2) is 52.4 Å². The van der Waals surface area contributed by atoms with Crippen molar-refractivity contribution in [1.29, 1.82) is 0 Å². The fourth-order valence-electron chi connectivity index (χ4n) is 2.76. The second-order valence-electron chi connectivity index (χ2n) is 6.04. The molecule has 0 aliphatic carbocycles. The Morgan fingerprint density at radius 3 is 2.33 bits per heavy atom. The molecule has 0 unspecified atom stereocenters. The number of benzene rings is 2. The van der Waals surface area contributed by atoms with Crippen LogP contribution in [0.2, 0.25) is 0 Å². The molecule has 162 valence electrons. The third kappa shape index (κ3) is 5.50. The minimum Gasteiger partial charge on any atom is -0.497 e. The highest BCUT2D eigenvalue weighted by Crippen LogP contribution is 2.23. The molecule has 1 amide bonds. The van der Waals surface area contributed by atoms with E-state index in [4.69, 9.17) is 9.47 Å². The Labute approximate surface area is 177 Å². The van der Waals surface area contributed by atoms with Gasteiger partial charge >= 0.3 is 0 Å². The molecule has 2 aromatic rings. The summed E-state index contributed by atoms with van der Waals surface area (Å²) in [4.78, 5) is 16.8. The van der Waals surface area contributed by atoms with Crippen LogP contribution in [-0.2, 0) is 10.0 Å². The van der Waals surface area contributed by atoms with Crippen molar-refractivity contribution >= 4 is 21.8 Å². The summed E-state index contributed by atoms with van der Waals surface area (Å²) in [6, 6.07) is 11.6.